The molecule has 0 saturated carbocycles. The van der Waals surface area contributed by atoms with Crippen molar-refractivity contribution in [1.29, 1.82) is 0 Å². The first-order chi connectivity index (χ1) is 13.7. The Bertz CT molecular complexity index is 957. The highest BCUT2D eigenvalue weighted by molar-refractivity contribution is 5.87. The van der Waals surface area contributed by atoms with Crippen LogP contribution in [0.25, 0.3) is 22.2 Å². The molecule has 7 heteroatoms. The Kier molecular flexibility index (Phi) is 5.62. The van der Waals surface area contributed by atoms with Gasteiger partial charge in [0.1, 0.15) is 18.2 Å². The maximum Gasteiger partial charge on any atom is 0.142 e. The van der Waals surface area contributed by atoms with Crippen molar-refractivity contribution >= 4 is 16.6 Å². The van der Waals surface area contributed by atoms with Gasteiger partial charge in [-0.1, -0.05) is 0 Å². The quantitative estimate of drug-likeness (QED) is 0.656. The number of carbonyl (C=O) groups is 1. The number of alkyl halides is 1. The minimum Gasteiger partial charge on any atom is -0.301 e. The Labute approximate surface area is 162 Å². The van der Waals surface area contributed by atoms with Crippen LogP contribution in [0.15, 0.2) is 43.1 Å². The maximum absolute atomic E-state index is 12.7. The number of Topliss-reactive ketones (excluding diaryl/α,β-unsaturated/α-hetero) is 1. The Morgan fingerprint density at radius 3 is 2.57 bits per heavy atom. The topological polar surface area (TPSA) is 71.9 Å². The summed E-state index contributed by atoms with van der Waals surface area (Å²) in [4.78, 5) is 32.0. The molecule has 0 atom stereocenters. The molecule has 6 nitrogen and oxygen atoms in total. The smallest absolute Gasteiger partial charge is 0.142 e. The van der Waals surface area contributed by atoms with Gasteiger partial charge in [0.15, 0.2) is 0 Å². The normalized spacial score (nSPS) is 15.8. The Morgan fingerprint density at radius 1 is 1.00 bits per heavy atom. The third-order valence-electron chi connectivity index (χ3n) is 5.28. The molecule has 144 valence electrons. The predicted octanol–water partition coefficient (Wildman–Crippen LogP) is 2.88. The molecule has 0 N–H and O–H groups in total. The lowest BCUT2D eigenvalue weighted by atomic mass is 9.90. The minimum atomic E-state index is -0.328. The lowest BCUT2D eigenvalue weighted by Gasteiger charge is -2.30. The highest BCUT2D eigenvalue weighted by Gasteiger charge is 2.25. The average Bonchev–Trinajstić information content (AvgIpc) is 2.74. The van der Waals surface area contributed by atoms with Gasteiger partial charge in [0.25, 0.3) is 0 Å². The van der Waals surface area contributed by atoms with Gasteiger partial charge in [0.05, 0.1) is 11.9 Å². The summed E-state index contributed by atoms with van der Waals surface area (Å²) in [5.41, 5.74) is 2.21. The number of ketones is 1. The lowest BCUT2D eigenvalue weighted by molar-refractivity contribution is -0.123. The molecule has 4 heterocycles. The second-order valence-electron chi connectivity index (χ2n) is 7.13. The van der Waals surface area contributed by atoms with Gasteiger partial charge >= 0.3 is 0 Å². The van der Waals surface area contributed by atoms with Gasteiger partial charge in [-0.25, -0.2) is 4.39 Å². The van der Waals surface area contributed by atoms with Crippen molar-refractivity contribution in [2.45, 2.75) is 19.3 Å². The zero-order valence-corrected chi connectivity index (χ0v) is 15.6. The van der Waals surface area contributed by atoms with E-state index in [1.807, 2.05) is 12.1 Å². The first-order valence-electron chi connectivity index (χ1n) is 9.55. The molecule has 0 unspecified atom stereocenters. The maximum atomic E-state index is 12.7. The van der Waals surface area contributed by atoms with Crippen LogP contribution in [0, 0.1) is 5.92 Å². The monoisotopic (exact) mass is 379 g/mol. The summed E-state index contributed by atoms with van der Waals surface area (Å²) < 4.78 is 12.5. The van der Waals surface area contributed by atoms with E-state index in [2.05, 4.69) is 24.8 Å². The molecule has 0 bridgehead atoms. The molecule has 28 heavy (non-hydrogen) atoms. The number of hydrogen-bond donors (Lipinski definition) is 0. The fraction of sp³-hybridized carbons (Fsp3) is 0.381. The van der Waals surface area contributed by atoms with E-state index in [0.717, 1.165) is 48.1 Å². The summed E-state index contributed by atoms with van der Waals surface area (Å²) in [6.45, 7) is 1.72. The van der Waals surface area contributed by atoms with Crippen molar-refractivity contribution in [2.75, 3.05) is 26.3 Å². The van der Waals surface area contributed by atoms with E-state index >= 15 is 0 Å². The van der Waals surface area contributed by atoms with E-state index in [-0.39, 0.29) is 18.4 Å². The van der Waals surface area contributed by atoms with Crippen LogP contribution in [0.5, 0.6) is 0 Å². The Balaban J connectivity index is 1.47. The van der Waals surface area contributed by atoms with Crippen LogP contribution in [0.4, 0.5) is 4.39 Å². The molecule has 3 aromatic rings. The number of hydrogen-bond acceptors (Lipinski definition) is 6. The van der Waals surface area contributed by atoms with Crippen molar-refractivity contribution in [3.8, 4) is 11.4 Å². The standard InChI is InChI=1S/C21H22FN5O/c22-3-8-27-6-1-15(2-7-27)21(28)11-18-9-16-10-19(20-14-23-4-5-24-20)26-13-17(16)12-25-18/h4-5,9-10,12-15H,1-3,6-8,11H2. The van der Waals surface area contributed by atoms with Gasteiger partial charge in [-0.3, -0.25) is 24.7 Å². The highest BCUT2D eigenvalue weighted by atomic mass is 19.1. The van der Waals surface area contributed by atoms with Gasteiger partial charge in [-0.15, -0.1) is 0 Å². The van der Waals surface area contributed by atoms with Crippen molar-refractivity contribution in [3.63, 3.8) is 0 Å². The second-order valence-corrected chi connectivity index (χ2v) is 7.13. The molecular formula is C21H22FN5O. The molecule has 1 aliphatic rings. The van der Waals surface area contributed by atoms with Crippen LogP contribution in [-0.4, -0.2) is 56.9 Å². The summed E-state index contributed by atoms with van der Waals surface area (Å²) >= 11 is 0. The molecule has 1 aliphatic heterocycles. The number of halogens is 1. The minimum absolute atomic E-state index is 0.0425. The number of likely N-dealkylation sites (tertiary alicyclic amines) is 1. The summed E-state index contributed by atoms with van der Waals surface area (Å²) in [5, 5.41) is 1.90. The first-order valence-corrected chi connectivity index (χ1v) is 9.55. The summed E-state index contributed by atoms with van der Waals surface area (Å²) in [7, 11) is 0. The second kappa shape index (κ2) is 8.48. The molecule has 0 amide bonds. The molecule has 0 radical (unpaired) electrons. The summed E-state index contributed by atoms with van der Waals surface area (Å²) in [5.74, 6) is 0.260. The third-order valence-corrected chi connectivity index (χ3v) is 5.28. The molecule has 4 rings (SSSR count). The fourth-order valence-electron chi connectivity index (χ4n) is 3.67. The van der Waals surface area contributed by atoms with E-state index < -0.39 is 0 Å². The van der Waals surface area contributed by atoms with Crippen LogP contribution in [0.2, 0.25) is 0 Å². The lowest BCUT2D eigenvalue weighted by Crippen LogP contribution is -2.37. The zero-order chi connectivity index (χ0) is 19.3. The Morgan fingerprint density at radius 2 is 1.82 bits per heavy atom. The number of carbonyl (C=O) groups excluding carboxylic acids is 1. The van der Waals surface area contributed by atoms with Gasteiger partial charge in [0, 0.05) is 54.8 Å². The first kappa shape index (κ1) is 18.6. The third kappa shape index (κ3) is 4.20. The number of nitrogens with zero attached hydrogens (tertiary/aromatic N) is 5. The summed E-state index contributed by atoms with van der Waals surface area (Å²) in [6, 6.07) is 3.90. The molecule has 0 aliphatic carbocycles. The Hall–Kier alpha value is -2.80. The predicted molar refractivity (Wildman–Crippen MR) is 104 cm³/mol. The van der Waals surface area contributed by atoms with Crippen molar-refractivity contribution in [3.05, 3.63) is 48.8 Å². The highest BCUT2D eigenvalue weighted by Crippen LogP contribution is 2.22. The van der Waals surface area contributed by atoms with Crippen LogP contribution in [0.1, 0.15) is 18.5 Å². The van der Waals surface area contributed by atoms with Gasteiger partial charge < -0.3 is 4.90 Å². The largest absolute Gasteiger partial charge is 0.301 e. The van der Waals surface area contributed by atoms with Crippen LogP contribution in [-0.2, 0) is 11.2 Å². The number of rotatable bonds is 6. The van der Waals surface area contributed by atoms with Gasteiger partial charge in [0.2, 0.25) is 0 Å². The van der Waals surface area contributed by atoms with Crippen molar-refractivity contribution in [1.82, 2.24) is 24.8 Å². The number of pyridine rings is 2. The number of aromatic nitrogens is 4. The van der Waals surface area contributed by atoms with Crippen molar-refractivity contribution in [2.24, 2.45) is 5.92 Å². The van der Waals surface area contributed by atoms with Gasteiger partial charge in [-0.2, -0.15) is 0 Å². The number of fused-ring (bicyclic) bond motifs is 1. The fourth-order valence-corrected chi connectivity index (χ4v) is 3.67. The molecule has 3 aromatic heterocycles. The van der Waals surface area contributed by atoms with Crippen LogP contribution >= 0.6 is 0 Å². The van der Waals surface area contributed by atoms with E-state index in [1.54, 1.807) is 31.0 Å². The SMILES string of the molecule is O=C(Cc1cc2cc(-c3cnccn3)ncc2cn1)C1CCN(CCF)CC1. The number of piperidine rings is 1. The van der Waals surface area contributed by atoms with Crippen molar-refractivity contribution < 1.29 is 9.18 Å². The van der Waals surface area contributed by atoms with E-state index in [9.17, 15) is 9.18 Å². The van der Waals surface area contributed by atoms with E-state index in [0.29, 0.717) is 18.7 Å². The molecule has 1 fully saturated rings. The van der Waals surface area contributed by atoms with E-state index in [1.165, 1.54) is 0 Å². The molecular weight excluding hydrogens is 357 g/mol. The molecule has 0 aromatic carbocycles. The van der Waals surface area contributed by atoms with Gasteiger partial charge in [-0.05, 0) is 43.5 Å². The van der Waals surface area contributed by atoms with Crippen LogP contribution in [0.3, 0.4) is 0 Å². The molecule has 0 spiro atoms. The molecule has 1 saturated heterocycles. The summed E-state index contributed by atoms with van der Waals surface area (Å²) in [6.07, 6.45) is 10.4. The van der Waals surface area contributed by atoms with E-state index in [4.69, 9.17) is 0 Å². The average molecular weight is 379 g/mol. The zero-order valence-electron chi connectivity index (χ0n) is 15.6. The van der Waals surface area contributed by atoms with Crippen LogP contribution < -0.4 is 0 Å².